The van der Waals surface area contributed by atoms with Crippen LogP contribution in [0.15, 0.2) is 36.5 Å². The number of Topliss-reactive ketones (excluding diaryl/α,β-unsaturated/α-hetero) is 2. The number of aliphatic hydroxyl groups excluding tert-OH is 4. The second kappa shape index (κ2) is 20.6. The van der Waals surface area contributed by atoms with Gasteiger partial charge in [-0.1, -0.05) is 92.7 Å². The zero-order valence-corrected chi connectivity index (χ0v) is 35.8. The summed E-state index contributed by atoms with van der Waals surface area (Å²) in [5, 5.41) is 55.0. The molecule has 11 nitrogen and oxygen atoms in total. The predicted molar refractivity (Wildman–Crippen MR) is 215 cm³/mol. The van der Waals surface area contributed by atoms with Crippen molar-refractivity contribution in [1.82, 2.24) is 0 Å². The van der Waals surface area contributed by atoms with Crippen LogP contribution >= 0.6 is 0 Å². The van der Waals surface area contributed by atoms with Gasteiger partial charge in [-0.2, -0.15) is 0 Å². The molecule has 2 fully saturated rings. The van der Waals surface area contributed by atoms with Crippen LogP contribution in [0.5, 0.6) is 0 Å². The molecule has 3 heterocycles. The van der Waals surface area contributed by atoms with E-state index in [4.69, 9.17) is 14.2 Å². The molecule has 0 aromatic carbocycles. The van der Waals surface area contributed by atoms with Crippen molar-refractivity contribution in [3.8, 4) is 0 Å². The summed E-state index contributed by atoms with van der Waals surface area (Å²) in [6.45, 7) is 19.1. The fourth-order valence-electron chi connectivity index (χ4n) is 9.01. The van der Waals surface area contributed by atoms with Gasteiger partial charge in [-0.15, -0.1) is 0 Å². The first-order chi connectivity index (χ1) is 26.1. The first-order valence-corrected chi connectivity index (χ1v) is 21.2. The highest BCUT2D eigenvalue weighted by Crippen LogP contribution is 2.49. The second-order valence-electron chi connectivity index (χ2n) is 18.0. The molecule has 2 bridgehead atoms. The third-order valence-electron chi connectivity index (χ3n) is 13.4. The van der Waals surface area contributed by atoms with E-state index in [1.54, 1.807) is 20.8 Å². The van der Waals surface area contributed by atoms with Crippen LogP contribution in [0.1, 0.15) is 121 Å². The first kappa shape index (κ1) is 48.1. The van der Waals surface area contributed by atoms with E-state index in [1.165, 1.54) is 39.8 Å². The van der Waals surface area contributed by atoms with Crippen molar-refractivity contribution in [2.75, 3.05) is 0 Å². The number of fused-ring (bicyclic) bond motifs is 2. The Balaban J connectivity index is 1.99. The van der Waals surface area contributed by atoms with Gasteiger partial charge in [-0.3, -0.25) is 9.59 Å². The van der Waals surface area contributed by atoms with Gasteiger partial charge in [0.25, 0.3) is 0 Å². The average Bonchev–Trinajstić information content (AvgIpc) is 3.16. The number of hydrogen-bond donors (Lipinski definition) is 5. The predicted octanol–water partition coefficient (Wildman–Crippen LogP) is 5.88. The maximum absolute atomic E-state index is 13.5. The molecule has 1 spiro atoms. The van der Waals surface area contributed by atoms with Crippen molar-refractivity contribution in [3.05, 3.63) is 36.5 Å². The molecule has 0 radical (unpaired) electrons. The summed E-state index contributed by atoms with van der Waals surface area (Å²) >= 11 is 0. The Kier molecular flexibility index (Phi) is 17.7. The van der Waals surface area contributed by atoms with Gasteiger partial charge in [0.1, 0.15) is 17.5 Å². The summed E-state index contributed by atoms with van der Waals surface area (Å²) in [5.74, 6) is -7.28. The molecule has 3 rings (SSSR count). The maximum Gasteiger partial charge on any atom is 0.330 e. The average molecular weight is 791 g/mol. The number of carbonyl (C=O) groups is 3. The molecule has 0 saturated carbocycles. The van der Waals surface area contributed by atoms with Crippen LogP contribution in [0.3, 0.4) is 0 Å². The lowest BCUT2D eigenvalue weighted by Crippen LogP contribution is -2.62. The Morgan fingerprint density at radius 3 is 2.11 bits per heavy atom. The van der Waals surface area contributed by atoms with E-state index < -0.39 is 89.0 Å². The zero-order chi connectivity index (χ0) is 42.3. The third kappa shape index (κ3) is 11.5. The molecule has 0 amide bonds. The highest BCUT2D eigenvalue weighted by Gasteiger charge is 2.56. The lowest BCUT2D eigenvalue weighted by Gasteiger charge is -2.55. The van der Waals surface area contributed by atoms with Crippen LogP contribution in [0, 0.1) is 53.3 Å². The highest BCUT2D eigenvalue weighted by atomic mass is 16.7. The number of carbonyl (C=O) groups excluding carboxylic acids is 3. The standard InChI is InChI=1S/C45H74O11/c1-12-34-17-15-13-14-16-27(4)42(51)44(11,53)43(52)32(9)40(50)31(8)39(49)30(7)38(48)26(3)18-21-37(47)54-41-29(6)35(20-19-34)55-45(33(41)10)23-22-25(2)36(56-45)24-28(5)46/h13-15,17-18,21,25-36,38,40-42,46,48,50-51,53H,12,16,19-20,22-24H2,1-11H3/b14-13+,17-15-,21-18+. The monoisotopic (exact) mass is 791 g/mol. The number of rotatable bonds is 3. The number of esters is 1. The van der Waals surface area contributed by atoms with Gasteiger partial charge in [-0.05, 0) is 70.1 Å². The summed E-state index contributed by atoms with van der Waals surface area (Å²) in [4.78, 5) is 40.5. The number of ether oxygens (including phenoxy) is 3. The molecule has 0 aliphatic carbocycles. The molecule has 0 aromatic heterocycles. The lowest BCUT2D eigenvalue weighted by molar-refractivity contribution is -0.371. The summed E-state index contributed by atoms with van der Waals surface area (Å²) < 4.78 is 20.0. The fraction of sp³-hybridized carbons (Fsp3) is 0.800. The van der Waals surface area contributed by atoms with E-state index >= 15 is 0 Å². The Morgan fingerprint density at radius 1 is 0.839 bits per heavy atom. The second-order valence-corrected chi connectivity index (χ2v) is 18.0. The van der Waals surface area contributed by atoms with E-state index in [2.05, 4.69) is 19.9 Å². The molecule has 18 atom stereocenters. The molecular formula is C45H74O11. The Morgan fingerprint density at radius 2 is 1.48 bits per heavy atom. The van der Waals surface area contributed by atoms with Crippen molar-refractivity contribution < 1.29 is 54.1 Å². The van der Waals surface area contributed by atoms with Crippen LogP contribution < -0.4 is 0 Å². The van der Waals surface area contributed by atoms with Gasteiger partial charge in [-0.25, -0.2) is 4.79 Å². The van der Waals surface area contributed by atoms with Crippen molar-refractivity contribution in [3.63, 3.8) is 0 Å². The van der Waals surface area contributed by atoms with Crippen molar-refractivity contribution in [2.45, 2.75) is 175 Å². The van der Waals surface area contributed by atoms with Gasteiger partial charge < -0.3 is 39.7 Å². The van der Waals surface area contributed by atoms with Gasteiger partial charge in [0.05, 0.1) is 36.6 Å². The molecule has 0 aromatic rings. The van der Waals surface area contributed by atoms with Crippen LogP contribution in [-0.4, -0.2) is 97.2 Å². The summed E-state index contributed by atoms with van der Waals surface area (Å²) in [5.41, 5.74) is -2.18. The smallest absolute Gasteiger partial charge is 0.330 e. The molecular weight excluding hydrogens is 716 g/mol. The van der Waals surface area contributed by atoms with Crippen LogP contribution in [0.25, 0.3) is 0 Å². The van der Waals surface area contributed by atoms with Crippen LogP contribution in [0.4, 0.5) is 0 Å². The van der Waals surface area contributed by atoms with Gasteiger partial charge in [0.2, 0.25) is 0 Å². The lowest BCUT2D eigenvalue weighted by atomic mass is 9.74. The first-order valence-electron chi connectivity index (χ1n) is 21.2. The van der Waals surface area contributed by atoms with Crippen molar-refractivity contribution in [2.24, 2.45) is 53.3 Å². The van der Waals surface area contributed by atoms with Crippen LogP contribution in [0.2, 0.25) is 0 Å². The Hall–Kier alpha value is -2.25. The number of ketones is 2. The van der Waals surface area contributed by atoms with Gasteiger partial charge in [0.15, 0.2) is 11.6 Å². The fourth-order valence-corrected chi connectivity index (χ4v) is 9.01. The number of allylic oxidation sites excluding steroid dienone is 4. The van der Waals surface area contributed by atoms with Crippen LogP contribution in [-0.2, 0) is 28.6 Å². The largest absolute Gasteiger partial charge is 0.458 e. The van der Waals surface area contributed by atoms with Gasteiger partial charge in [0, 0.05) is 48.0 Å². The minimum absolute atomic E-state index is 0.168. The quantitative estimate of drug-likeness (QED) is 0.216. The topological polar surface area (TPSA) is 180 Å². The molecule has 3 aliphatic heterocycles. The molecule has 320 valence electrons. The minimum atomic E-state index is -2.18. The summed E-state index contributed by atoms with van der Waals surface area (Å²) in [7, 11) is 0. The number of hydrogen-bond acceptors (Lipinski definition) is 11. The normalized spacial score (nSPS) is 46.8. The zero-order valence-electron chi connectivity index (χ0n) is 35.8. The Labute approximate surface area is 336 Å². The van der Waals surface area contributed by atoms with Crippen molar-refractivity contribution >= 4 is 17.5 Å². The molecule has 3 aliphatic rings. The van der Waals surface area contributed by atoms with Gasteiger partial charge >= 0.3 is 5.97 Å². The van der Waals surface area contributed by atoms with E-state index in [9.17, 15) is 39.9 Å². The number of aliphatic hydroxyl groups is 5. The minimum Gasteiger partial charge on any atom is -0.458 e. The molecule has 5 N–H and O–H groups in total. The molecule has 2 saturated heterocycles. The molecule has 56 heavy (non-hydrogen) atoms. The maximum atomic E-state index is 13.5. The van der Waals surface area contributed by atoms with E-state index in [1.807, 2.05) is 32.1 Å². The van der Waals surface area contributed by atoms with E-state index in [0.717, 1.165) is 19.3 Å². The third-order valence-corrected chi connectivity index (χ3v) is 13.4. The van der Waals surface area contributed by atoms with Crippen molar-refractivity contribution in [1.29, 1.82) is 0 Å². The van der Waals surface area contributed by atoms with E-state index in [-0.39, 0.29) is 35.9 Å². The summed E-state index contributed by atoms with van der Waals surface area (Å²) in [6.07, 6.45) is 9.62. The molecule has 11 heteroatoms. The SMILES string of the molecule is CCC1/C=C\C=C\CC(C)C(O)C(C)(O)C(=O)C(C)C(O)C(C)C(=O)C(C)C(O)C(C)/C=C/C(=O)OC2C(C)C(CC1)OC1(CCC(C)C(CC(C)O)O1)C2C. The molecule has 18 unspecified atom stereocenters. The highest BCUT2D eigenvalue weighted by molar-refractivity contribution is 5.91. The van der Waals surface area contributed by atoms with E-state index in [0.29, 0.717) is 25.7 Å². The summed E-state index contributed by atoms with van der Waals surface area (Å²) in [6, 6.07) is 0. The Bertz CT molecular complexity index is 1390.